The quantitative estimate of drug-likeness (QED) is 0.772. The van der Waals surface area contributed by atoms with Gasteiger partial charge in [-0.05, 0) is 25.1 Å². The minimum absolute atomic E-state index is 0.0919. The maximum atomic E-state index is 12.3. The number of amides is 2. The molecule has 27 heavy (non-hydrogen) atoms. The zero-order chi connectivity index (χ0) is 19.9. The summed E-state index contributed by atoms with van der Waals surface area (Å²) in [7, 11) is 0. The van der Waals surface area contributed by atoms with E-state index in [1.54, 1.807) is 30.3 Å². The molecule has 6 nitrogen and oxygen atoms in total. The molecule has 1 aromatic heterocycles. The number of halogens is 3. The van der Waals surface area contributed by atoms with Crippen LogP contribution in [0.5, 0.6) is 5.88 Å². The van der Waals surface area contributed by atoms with Crippen LogP contribution in [0.4, 0.5) is 13.2 Å². The summed E-state index contributed by atoms with van der Waals surface area (Å²) in [6.45, 7) is -0.0691. The molecule has 2 rings (SSSR count). The van der Waals surface area contributed by atoms with E-state index in [9.17, 15) is 22.8 Å². The Kier molecular flexibility index (Phi) is 6.75. The summed E-state index contributed by atoms with van der Waals surface area (Å²) < 4.78 is 41.5. The molecule has 0 bridgehead atoms. The van der Waals surface area contributed by atoms with Gasteiger partial charge in [0.2, 0.25) is 11.8 Å². The average molecular weight is 381 g/mol. The van der Waals surface area contributed by atoms with Crippen LogP contribution in [-0.4, -0.2) is 35.6 Å². The molecule has 1 atom stereocenters. The number of benzene rings is 1. The molecule has 1 unspecified atom stereocenters. The lowest BCUT2D eigenvalue weighted by Crippen LogP contribution is -2.44. The van der Waals surface area contributed by atoms with Gasteiger partial charge in [0.05, 0.1) is 0 Å². The molecule has 0 saturated heterocycles. The highest BCUT2D eigenvalue weighted by Gasteiger charge is 2.29. The number of hydrogen-bond acceptors (Lipinski definition) is 4. The Morgan fingerprint density at radius 1 is 1.15 bits per heavy atom. The lowest BCUT2D eigenvalue weighted by Gasteiger charge is -2.15. The first-order chi connectivity index (χ1) is 12.8. The first-order valence-electron chi connectivity index (χ1n) is 8.03. The molecule has 0 fully saturated rings. The van der Waals surface area contributed by atoms with Gasteiger partial charge in [0.15, 0.2) is 6.61 Å². The summed E-state index contributed by atoms with van der Waals surface area (Å²) in [5.41, 5.74) is 0.698. The molecule has 144 valence electrons. The van der Waals surface area contributed by atoms with Gasteiger partial charge < -0.3 is 15.4 Å². The minimum atomic E-state index is -4.49. The summed E-state index contributed by atoms with van der Waals surface area (Å²) >= 11 is 0. The zero-order valence-corrected chi connectivity index (χ0v) is 14.4. The Bertz CT molecular complexity index is 782. The molecule has 0 radical (unpaired) electrons. The van der Waals surface area contributed by atoms with Gasteiger partial charge in [0.1, 0.15) is 6.04 Å². The second-order valence-corrected chi connectivity index (χ2v) is 5.65. The van der Waals surface area contributed by atoms with Crippen molar-refractivity contribution in [1.29, 1.82) is 0 Å². The molecule has 0 aliphatic carbocycles. The van der Waals surface area contributed by atoms with E-state index in [0.717, 1.165) is 0 Å². The van der Waals surface area contributed by atoms with Gasteiger partial charge >= 0.3 is 6.18 Å². The van der Waals surface area contributed by atoms with Gasteiger partial charge in [0, 0.05) is 23.9 Å². The number of carbonyl (C=O) groups excluding carboxylic acids is 2. The Morgan fingerprint density at radius 2 is 1.85 bits per heavy atom. The van der Waals surface area contributed by atoms with Crippen molar-refractivity contribution < 1.29 is 27.5 Å². The molecule has 0 spiro atoms. The molecule has 9 heteroatoms. The summed E-state index contributed by atoms with van der Waals surface area (Å²) in [5.74, 6) is -1.12. The third kappa shape index (κ3) is 6.61. The average Bonchev–Trinajstić information content (AvgIpc) is 2.65. The lowest BCUT2D eigenvalue weighted by molar-refractivity contribution is -0.154. The standard InChI is InChI=1S/C18H18F3N3O3/c1-12(24-16(26)13-6-3-2-4-7-13)15(25)23-10-14-8-5-9-22-17(14)27-11-18(19,20)21/h2-9,12H,10-11H2,1H3,(H,23,25)(H,24,26). The third-order valence-corrected chi connectivity index (χ3v) is 3.45. The Balaban J connectivity index is 1.90. The Labute approximate surface area is 153 Å². The fraction of sp³-hybridized carbons (Fsp3) is 0.278. The van der Waals surface area contributed by atoms with Crippen LogP contribution in [0.3, 0.4) is 0 Å². The van der Waals surface area contributed by atoms with E-state index < -0.39 is 30.6 Å². The van der Waals surface area contributed by atoms with Crippen LogP contribution in [0.15, 0.2) is 48.7 Å². The molecular weight excluding hydrogens is 363 g/mol. The molecule has 1 heterocycles. The monoisotopic (exact) mass is 381 g/mol. The summed E-state index contributed by atoms with van der Waals surface area (Å²) in [5, 5.41) is 5.08. The Hall–Kier alpha value is -3.10. The van der Waals surface area contributed by atoms with Crippen molar-refractivity contribution in [2.24, 2.45) is 0 Å². The molecular formula is C18H18F3N3O3. The smallest absolute Gasteiger partial charge is 0.422 e. The minimum Gasteiger partial charge on any atom is -0.468 e. The van der Waals surface area contributed by atoms with Crippen LogP contribution in [-0.2, 0) is 11.3 Å². The van der Waals surface area contributed by atoms with Gasteiger partial charge in [0.25, 0.3) is 5.91 Å². The van der Waals surface area contributed by atoms with Crippen LogP contribution < -0.4 is 15.4 Å². The predicted octanol–water partition coefficient (Wildman–Crippen LogP) is 2.46. The van der Waals surface area contributed by atoms with Crippen molar-refractivity contribution in [3.8, 4) is 5.88 Å². The molecule has 0 saturated carbocycles. The van der Waals surface area contributed by atoms with Gasteiger partial charge in [-0.25, -0.2) is 4.98 Å². The summed E-state index contributed by atoms with van der Waals surface area (Å²) in [4.78, 5) is 27.9. The SMILES string of the molecule is CC(NC(=O)c1ccccc1)C(=O)NCc1cccnc1OCC(F)(F)F. The number of nitrogens with one attached hydrogen (secondary N) is 2. The van der Waals surface area contributed by atoms with E-state index in [1.807, 2.05) is 0 Å². The van der Waals surface area contributed by atoms with Gasteiger partial charge in [-0.1, -0.05) is 24.3 Å². The first kappa shape index (κ1) is 20.2. The number of carbonyl (C=O) groups is 2. The number of ether oxygens (including phenoxy) is 1. The molecule has 1 aromatic carbocycles. The van der Waals surface area contributed by atoms with Crippen molar-refractivity contribution in [2.45, 2.75) is 25.7 Å². The fourth-order valence-corrected chi connectivity index (χ4v) is 2.11. The van der Waals surface area contributed by atoms with Crippen molar-refractivity contribution in [1.82, 2.24) is 15.6 Å². The molecule has 0 aliphatic heterocycles. The van der Waals surface area contributed by atoms with Crippen LogP contribution in [0.25, 0.3) is 0 Å². The van der Waals surface area contributed by atoms with Crippen LogP contribution in [0, 0.1) is 0 Å². The maximum absolute atomic E-state index is 12.3. The number of nitrogens with zero attached hydrogens (tertiary/aromatic N) is 1. The number of aromatic nitrogens is 1. The predicted molar refractivity (Wildman–Crippen MR) is 91.0 cm³/mol. The van der Waals surface area contributed by atoms with E-state index in [0.29, 0.717) is 5.56 Å². The number of pyridine rings is 1. The second kappa shape index (κ2) is 9.02. The molecule has 0 aliphatic rings. The number of rotatable bonds is 7. The topological polar surface area (TPSA) is 80.3 Å². The zero-order valence-electron chi connectivity index (χ0n) is 14.4. The van der Waals surface area contributed by atoms with Crippen molar-refractivity contribution in [2.75, 3.05) is 6.61 Å². The van der Waals surface area contributed by atoms with E-state index >= 15 is 0 Å². The largest absolute Gasteiger partial charge is 0.468 e. The summed E-state index contributed by atoms with van der Waals surface area (Å²) in [6.07, 6.45) is -3.20. The highest BCUT2D eigenvalue weighted by atomic mass is 19.4. The maximum Gasteiger partial charge on any atom is 0.422 e. The highest BCUT2D eigenvalue weighted by molar-refractivity contribution is 5.97. The van der Waals surface area contributed by atoms with Crippen LogP contribution in [0.2, 0.25) is 0 Å². The highest BCUT2D eigenvalue weighted by Crippen LogP contribution is 2.19. The van der Waals surface area contributed by atoms with E-state index in [-0.39, 0.29) is 18.0 Å². The molecule has 2 amide bonds. The van der Waals surface area contributed by atoms with Crippen molar-refractivity contribution in [3.05, 3.63) is 59.8 Å². The fourth-order valence-electron chi connectivity index (χ4n) is 2.11. The third-order valence-electron chi connectivity index (χ3n) is 3.45. The van der Waals surface area contributed by atoms with Crippen molar-refractivity contribution >= 4 is 11.8 Å². The van der Waals surface area contributed by atoms with Crippen LogP contribution >= 0.6 is 0 Å². The summed E-state index contributed by atoms with van der Waals surface area (Å²) in [6, 6.07) is 10.6. The lowest BCUT2D eigenvalue weighted by atomic mass is 10.2. The van der Waals surface area contributed by atoms with Crippen LogP contribution in [0.1, 0.15) is 22.8 Å². The number of hydrogen-bond donors (Lipinski definition) is 2. The molecule has 2 aromatic rings. The van der Waals surface area contributed by atoms with E-state index in [1.165, 1.54) is 25.3 Å². The van der Waals surface area contributed by atoms with Gasteiger partial charge in [-0.3, -0.25) is 9.59 Å². The first-order valence-corrected chi connectivity index (χ1v) is 8.03. The van der Waals surface area contributed by atoms with Gasteiger partial charge in [-0.2, -0.15) is 13.2 Å². The van der Waals surface area contributed by atoms with Gasteiger partial charge in [-0.15, -0.1) is 0 Å². The molecule has 2 N–H and O–H groups in total. The van der Waals surface area contributed by atoms with E-state index in [2.05, 4.69) is 20.4 Å². The Morgan fingerprint density at radius 3 is 2.52 bits per heavy atom. The normalized spacial score (nSPS) is 12.1. The number of alkyl halides is 3. The van der Waals surface area contributed by atoms with Crippen molar-refractivity contribution in [3.63, 3.8) is 0 Å². The van der Waals surface area contributed by atoms with E-state index in [4.69, 9.17) is 0 Å². The second-order valence-electron chi connectivity index (χ2n) is 5.65.